The van der Waals surface area contributed by atoms with Gasteiger partial charge in [0.25, 0.3) is 0 Å². The van der Waals surface area contributed by atoms with Crippen molar-refractivity contribution in [2.45, 2.75) is 19.0 Å². The number of nitrogens with zero attached hydrogens (tertiary/aromatic N) is 2. The maximum atomic E-state index is 5.68. The van der Waals surface area contributed by atoms with Gasteiger partial charge >= 0.3 is 0 Å². The zero-order chi connectivity index (χ0) is 9.97. The summed E-state index contributed by atoms with van der Waals surface area (Å²) < 4.78 is 2.03. The van der Waals surface area contributed by atoms with E-state index in [-0.39, 0.29) is 6.04 Å². The summed E-state index contributed by atoms with van der Waals surface area (Å²) >= 11 is 0. The molecule has 14 heavy (non-hydrogen) atoms. The highest BCUT2D eigenvalue weighted by Crippen LogP contribution is 2.16. The fraction of sp³-hybridized carbons (Fsp3) is 0.667. The van der Waals surface area contributed by atoms with E-state index in [2.05, 4.69) is 15.7 Å². The molecule has 4 N–H and O–H groups in total. The van der Waals surface area contributed by atoms with Crippen LogP contribution in [0.25, 0.3) is 0 Å². The van der Waals surface area contributed by atoms with Crippen LogP contribution in [0.3, 0.4) is 0 Å². The lowest BCUT2D eigenvalue weighted by Gasteiger charge is -2.29. The second kappa shape index (κ2) is 3.98. The van der Waals surface area contributed by atoms with Crippen molar-refractivity contribution in [3.05, 3.63) is 12.3 Å². The molecule has 0 aliphatic carbocycles. The van der Waals surface area contributed by atoms with Crippen molar-refractivity contribution in [1.29, 1.82) is 0 Å². The number of hydrogen-bond donors (Lipinski definition) is 3. The van der Waals surface area contributed by atoms with Crippen LogP contribution >= 0.6 is 0 Å². The Kier molecular flexibility index (Phi) is 2.69. The van der Waals surface area contributed by atoms with Gasteiger partial charge in [-0.25, -0.2) is 4.68 Å². The van der Waals surface area contributed by atoms with Gasteiger partial charge in [0.1, 0.15) is 5.82 Å². The predicted molar refractivity (Wildman–Crippen MR) is 56.3 cm³/mol. The van der Waals surface area contributed by atoms with Gasteiger partial charge in [-0.05, 0) is 6.92 Å². The third kappa shape index (κ3) is 1.88. The zero-order valence-electron chi connectivity index (χ0n) is 8.40. The van der Waals surface area contributed by atoms with Crippen molar-refractivity contribution in [2.24, 2.45) is 5.73 Å². The molecule has 5 nitrogen and oxygen atoms in total. The predicted octanol–water partition coefficient (Wildman–Crippen LogP) is -0.213. The van der Waals surface area contributed by atoms with E-state index >= 15 is 0 Å². The Morgan fingerprint density at radius 2 is 2.57 bits per heavy atom. The molecule has 1 aromatic rings. The van der Waals surface area contributed by atoms with Crippen molar-refractivity contribution in [2.75, 3.05) is 25.0 Å². The highest BCUT2D eigenvalue weighted by Gasteiger charge is 2.21. The zero-order valence-corrected chi connectivity index (χ0v) is 8.40. The molecule has 0 aromatic carbocycles. The first-order valence-corrected chi connectivity index (χ1v) is 5.01. The van der Waals surface area contributed by atoms with E-state index < -0.39 is 0 Å². The lowest BCUT2D eigenvalue weighted by atomic mass is 10.2. The number of nitrogens with two attached hydrogens (primary N) is 1. The molecule has 1 aliphatic rings. The van der Waals surface area contributed by atoms with E-state index in [9.17, 15) is 0 Å². The molecule has 2 rings (SSSR count). The number of hydrogen-bond acceptors (Lipinski definition) is 4. The summed E-state index contributed by atoms with van der Waals surface area (Å²) in [6, 6.07) is 2.65. The van der Waals surface area contributed by atoms with Crippen molar-refractivity contribution < 1.29 is 0 Å². The van der Waals surface area contributed by atoms with Gasteiger partial charge in [-0.3, -0.25) is 0 Å². The molecule has 0 saturated carbocycles. The standard InChI is InChI=1S/C9H17N5/c1-7(10)4-12-9-2-3-13-14(9)8-5-11-6-8/h2-3,7-8,11-12H,4-6,10H2,1H3/t7-/m0/s1. The fourth-order valence-corrected chi connectivity index (χ4v) is 1.46. The van der Waals surface area contributed by atoms with Crippen LogP contribution in [0.4, 0.5) is 5.82 Å². The summed E-state index contributed by atoms with van der Waals surface area (Å²) in [5.74, 6) is 1.06. The molecule has 1 aromatic heterocycles. The minimum absolute atomic E-state index is 0.165. The van der Waals surface area contributed by atoms with Crippen molar-refractivity contribution >= 4 is 5.82 Å². The molecule has 5 heteroatoms. The number of aromatic nitrogens is 2. The summed E-state index contributed by atoms with van der Waals surface area (Å²) in [7, 11) is 0. The van der Waals surface area contributed by atoms with Gasteiger partial charge in [0.2, 0.25) is 0 Å². The maximum absolute atomic E-state index is 5.68. The minimum Gasteiger partial charge on any atom is -0.369 e. The lowest BCUT2D eigenvalue weighted by Crippen LogP contribution is -2.44. The van der Waals surface area contributed by atoms with Crippen molar-refractivity contribution in [3.63, 3.8) is 0 Å². The third-order valence-electron chi connectivity index (χ3n) is 2.38. The van der Waals surface area contributed by atoms with Crippen LogP contribution in [0.5, 0.6) is 0 Å². The van der Waals surface area contributed by atoms with Gasteiger partial charge in [0.05, 0.1) is 12.2 Å². The molecular weight excluding hydrogens is 178 g/mol. The van der Waals surface area contributed by atoms with Crippen LogP contribution in [-0.2, 0) is 0 Å². The molecule has 0 bridgehead atoms. The van der Waals surface area contributed by atoms with Crippen LogP contribution in [0.15, 0.2) is 12.3 Å². The topological polar surface area (TPSA) is 67.9 Å². The van der Waals surface area contributed by atoms with Gasteiger partial charge < -0.3 is 16.4 Å². The maximum Gasteiger partial charge on any atom is 0.124 e. The fourth-order valence-electron chi connectivity index (χ4n) is 1.46. The minimum atomic E-state index is 0.165. The Morgan fingerprint density at radius 3 is 3.14 bits per heavy atom. The largest absolute Gasteiger partial charge is 0.369 e. The normalized spacial score (nSPS) is 19.0. The molecule has 78 valence electrons. The lowest BCUT2D eigenvalue weighted by molar-refractivity contribution is 0.321. The molecule has 0 spiro atoms. The first-order chi connectivity index (χ1) is 6.77. The number of anilines is 1. The number of rotatable bonds is 4. The van der Waals surface area contributed by atoms with Gasteiger partial charge in [-0.1, -0.05) is 0 Å². The molecule has 1 atom stereocenters. The summed E-state index contributed by atoms with van der Waals surface area (Å²) in [5, 5.41) is 10.8. The van der Waals surface area contributed by atoms with Crippen LogP contribution in [-0.4, -0.2) is 35.5 Å². The van der Waals surface area contributed by atoms with Gasteiger partial charge in [0.15, 0.2) is 0 Å². The van der Waals surface area contributed by atoms with Gasteiger partial charge in [-0.15, -0.1) is 0 Å². The third-order valence-corrected chi connectivity index (χ3v) is 2.38. The molecule has 0 unspecified atom stereocenters. The number of nitrogens with one attached hydrogen (secondary N) is 2. The van der Waals surface area contributed by atoms with Gasteiger partial charge in [0, 0.05) is 31.7 Å². The molecule has 2 heterocycles. The average molecular weight is 195 g/mol. The van der Waals surface area contributed by atoms with E-state index in [1.54, 1.807) is 0 Å². The van der Waals surface area contributed by atoms with Crippen molar-refractivity contribution in [3.8, 4) is 0 Å². The van der Waals surface area contributed by atoms with Crippen LogP contribution in [0.1, 0.15) is 13.0 Å². The Morgan fingerprint density at radius 1 is 1.79 bits per heavy atom. The van der Waals surface area contributed by atoms with E-state index in [1.807, 2.05) is 23.9 Å². The van der Waals surface area contributed by atoms with Crippen LogP contribution in [0, 0.1) is 0 Å². The monoisotopic (exact) mass is 195 g/mol. The van der Waals surface area contributed by atoms with E-state index in [1.165, 1.54) is 0 Å². The quantitative estimate of drug-likeness (QED) is 0.621. The second-order valence-electron chi connectivity index (χ2n) is 3.83. The second-order valence-corrected chi connectivity index (χ2v) is 3.83. The van der Waals surface area contributed by atoms with Crippen LogP contribution in [0.2, 0.25) is 0 Å². The van der Waals surface area contributed by atoms with Crippen LogP contribution < -0.4 is 16.4 Å². The highest BCUT2D eigenvalue weighted by atomic mass is 15.4. The van der Waals surface area contributed by atoms with E-state index in [0.717, 1.165) is 25.5 Å². The van der Waals surface area contributed by atoms with Crippen molar-refractivity contribution in [1.82, 2.24) is 15.1 Å². The Balaban J connectivity index is 1.98. The Bertz CT molecular complexity index is 289. The molecule has 0 amide bonds. The highest BCUT2D eigenvalue weighted by molar-refractivity contribution is 5.35. The summed E-state index contributed by atoms with van der Waals surface area (Å²) in [6.45, 7) is 4.79. The first-order valence-electron chi connectivity index (χ1n) is 5.01. The Hall–Kier alpha value is -1.07. The summed E-state index contributed by atoms with van der Waals surface area (Å²) in [5.41, 5.74) is 5.68. The summed E-state index contributed by atoms with van der Waals surface area (Å²) in [4.78, 5) is 0. The summed E-state index contributed by atoms with van der Waals surface area (Å²) in [6.07, 6.45) is 1.82. The molecular formula is C9H17N5. The molecule has 1 saturated heterocycles. The first kappa shape index (κ1) is 9.48. The average Bonchev–Trinajstić information content (AvgIpc) is 2.46. The molecule has 0 radical (unpaired) electrons. The Labute approximate surface area is 83.7 Å². The smallest absolute Gasteiger partial charge is 0.124 e. The van der Waals surface area contributed by atoms with E-state index in [0.29, 0.717) is 6.04 Å². The molecule has 1 fully saturated rings. The SMILES string of the molecule is C[C@H](N)CNc1ccnn1C1CNC1. The van der Waals surface area contributed by atoms with E-state index in [4.69, 9.17) is 5.73 Å². The van der Waals surface area contributed by atoms with Gasteiger partial charge in [-0.2, -0.15) is 5.10 Å². The molecule has 1 aliphatic heterocycles.